The zero-order valence-corrected chi connectivity index (χ0v) is 20.8. The number of carbonyl (C=O) groups excluding carboxylic acids is 1. The van der Waals surface area contributed by atoms with Crippen LogP contribution >= 0.6 is 0 Å². The molecule has 0 aliphatic rings. The van der Waals surface area contributed by atoms with E-state index >= 15 is 0 Å². The molecule has 182 valence electrons. The number of ether oxygens (including phenoxy) is 2. The molecule has 1 N–H and O–H groups in total. The highest BCUT2D eigenvalue weighted by Crippen LogP contribution is 2.33. The van der Waals surface area contributed by atoms with Crippen molar-refractivity contribution in [2.45, 2.75) is 74.3 Å². The first-order valence-electron chi connectivity index (χ1n) is 10.9. The average Bonchev–Trinajstić information content (AvgIpc) is 2.73. The minimum absolute atomic E-state index is 0.104. The number of Topliss-reactive ketones (excluding diaryl/α,β-unsaturated/α-hetero) is 1. The predicted molar refractivity (Wildman–Crippen MR) is 129 cm³/mol. The number of benzene rings is 1. The molecule has 0 heterocycles. The molecule has 0 bridgehead atoms. The van der Waals surface area contributed by atoms with E-state index in [1.807, 2.05) is 26.8 Å². The number of carbonyl (C=O) groups is 1. The monoisotopic (exact) mass is 454 g/mol. The van der Waals surface area contributed by atoms with Crippen molar-refractivity contribution in [3.63, 3.8) is 0 Å². The Morgan fingerprint density at radius 1 is 1.25 bits per heavy atom. The van der Waals surface area contributed by atoms with Crippen molar-refractivity contribution in [1.29, 1.82) is 0 Å². The van der Waals surface area contributed by atoms with Crippen molar-refractivity contribution >= 4 is 5.78 Å². The molecule has 0 fully saturated rings. The van der Waals surface area contributed by atoms with Gasteiger partial charge in [0.1, 0.15) is 5.75 Å². The fourth-order valence-corrected chi connectivity index (χ4v) is 1.79. The molecule has 0 aliphatic heterocycles. The first kappa shape index (κ1) is 31.6. The molecule has 0 saturated carbocycles. The molecule has 1 aromatic rings. The number of phenols is 1. The number of ketones is 1. The van der Waals surface area contributed by atoms with Crippen LogP contribution in [0.3, 0.4) is 0 Å². The Morgan fingerprint density at radius 2 is 1.81 bits per heavy atom. The molecule has 4 nitrogen and oxygen atoms in total. The maximum absolute atomic E-state index is 12.9. The molecule has 1 aromatic carbocycles. The first-order valence-corrected chi connectivity index (χ1v) is 10.9. The van der Waals surface area contributed by atoms with Gasteiger partial charge < -0.3 is 14.6 Å². The molecule has 6 heteroatoms. The van der Waals surface area contributed by atoms with E-state index in [9.17, 15) is 18.7 Å². The molecule has 0 amide bonds. The van der Waals surface area contributed by atoms with E-state index in [1.54, 1.807) is 12.2 Å². The summed E-state index contributed by atoms with van der Waals surface area (Å²) < 4.78 is 35.7. The van der Waals surface area contributed by atoms with E-state index in [1.165, 1.54) is 31.5 Å². The lowest BCUT2D eigenvalue weighted by atomic mass is 10.1. The van der Waals surface area contributed by atoms with Crippen molar-refractivity contribution in [2.75, 3.05) is 6.61 Å². The highest BCUT2D eigenvalue weighted by molar-refractivity contribution is 5.95. The fraction of sp³-hybridized carbons (Fsp3) is 0.500. The van der Waals surface area contributed by atoms with Gasteiger partial charge in [-0.15, -0.1) is 0 Å². The minimum Gasteiger partial charge on any atom is -0.504 e. The topological polar surface area (TPSA) is 55.8 Å². The van der Waals surface area contributed by atoms with Gasteiger partial charge in [-0.1, -0.05) is 65.8 Å². The number of phenolic OH excluding ortho intramolecular Hbond substituents is 1. The van der Waals surface area contributed by atoms with E-state index in [4.69, 9.17) is 4.74 Å². The van der Waals surface area contributed by atoms with Crippen LogP contribution in [0.15, 0.2) is 54.2 Å². The molecule has 0 aliphatic carbocycles. The number of hydrogen-bond acceptors (Lipinski definition) is 4. The molecular weight excluding hydrogens is 414 g/mol. The molecular formula is C26H40F2O4. The third kappa shape index (κ3) is 16.1. The van der Waals surface area contributed by atoms with E-state index in [0.717, 1.165) is 11.5 Å². The van der Waals surface area contributed by atoms with Crippen LogP contribution in [0.5, 0.6) is 17.2 Å². The fourth-order valence-electron chi connectivity index (χ4n) is 1.79. The standard InChI is InChI=1S/C19H22F2O4.C5H12.C2H6/c1-5-15(7-6-13(2)14(3)22)10-11-24-16-8-9-17(23)18(12-16)25-19(4,20)21;1-4-5(2)3;1-2/h5-9,12,23H,2,10-11H2,1,3-4H3;5H,4H2,1-3H3;1-2H3/b7-6-,15-5+;;. The molecule has 32 heavy (non-hydrogen) atoms. The van der Waals surface area contributed by atoms with Gasteiger partial charge >= 0.3 is 6.11 Å². The highest BCUT2D eigenvalue weighted by atomic mass is 19.3. The Morgan fingerprint density at radius 3 is 2.25 bits per heavy atom. The van der Waals surface area contributed by atoms with Gasteiger partial charge in [0.2, 0.25) is 0 Å². The number of allylic oxidation sites excluding steroid dienone is 4. The van der Waals surface area contributed by atoms with E-state index in [2.05, 4.69) is 32.1 Å². The zero-order chi connectivity index (χ0) is 25.3. The summed E-state index contributed by atoms with van der Waals surface area (Å²) in [5, 5.41) is 9.55. The van der Waals surface area contributed by atoms with Gasteiger partial charge in [0.05, 0.1) is 6.61 Å². The maximum Gasteiger partial charge on any atom is 0.395 e. The highest BCUT2D eigenvalue weighted by Gasteiger charge is 2.25. The largest absolute Gasteiger partial charge is 0.504 e. The molecule has 0 atom stereocenters. The second-order valence-corrected chi connectivity index (χ2v) is 7.22. The molecule has 0 radical (unpaired) electrons. The van der Waals surface area contributed by atoms with Crippen LogP contribution in [0.2, 0.25) is 0 Å². The summed E-state index contributed by atoms with van der Waals surface area (Å²) in [7, 11) is 0. The lowest BCUT2D eigenvalue weighted by molar-refractivity contribution is -0.159. The number of aromatic hydroxyl groups is 1. The lowest BCUT2D eigenvalue weighted by Crippen LogP contribution is -2.19. The van der Waals surface area contributed by atoms with Crippen molar-refractivity contribution in [3.05, 3.63) is 54.2 Å². The predicted octanol–water partition coefficient (Wildman–Crippen LogP) is 7.88. The van der Waals surface area contributed by atoms with Crippen LogP contribution in [0.1, 0.15) is 68.2 Å². The Balaban J connectivity index is 0. The van der Waals surface area contributed by atoms with Gasteiger partial charge in [-0.2, -0.15) is 8.78 Å². The van der Waals surface area contributed by atoms with Crippen LogP contribution in [-0.4, -0.2) is 23.6 Å². The van der Waals surface area contributed by atoms with Crippen LogP contribution in [-0.2, 0) is 4.79 Å². The van der Waals surface area contributed by atoms with Crippen LogP contribution < -0.4 is 9.47 Å². The SMILES string of the molecule is C=C(/C=C\C(=C/C)CCOc1ccc(O)c(OC(C)(F)F)c1)C(C)=O.CC.CCC(C)C. The number of hydrogen-bond donors (Lipinski definition) is 1. The first-order chi connectivity index (χ1) is 14.9. The average molecular weight is 455 g/mol. The second-order valence-electron chi connectivity index (χ2n) is 7.22. The molecule has 0 aromatic heterocycles. The number of rotatable bonds is 10. The second kappa shape index (κ2) is 17.0. The third-order valence-electron chi connectivity index (χ3n) is 4.02. The van der Waals surface area contributed by atoms with Gasteiger partial charge in [0, 0.05) is 25.0 Å². The summed E-state index contributed by atoms with van der Waals surface area (Å²) in [5.41, 5.74) is 1.33. The van der Waals surface area contributed by atoms with Crippen LogP contribution in [0.4, 0.5) is 8.78 Å². The van der Waals surface area contributed by atoms with Crippen molar-refractivity contribution in [3.8, 4) is 17.2 Å². The van der Waals surface area contributed by atoms with Gasteiger partial charge in [0.25, 0.3) is 0 Å². The van der Waals surface area contributed by atoms with E-state index in [0.29, 0.717) is 24.7 Å². The molecule has 0 saturated heterocycles. The molecule has 0 unspecified atom stereocenters. The van der Waals surface area contributed by atoms with Crippen molar-refractivity contribution in [2.24, 2.45) is 5.92 Å². The van der Waals surface area contributed by atoms with E-state index in [-0.39, 0.29) is 18.1 Å². The van der Waals surface area contributed by atoms with E-state index < -0.39 is 11.9 Å². The summed E-state index contributed by atoms with van der Waals surface area (Å²) in [6, 6.07) is 3.89. The van der Waals surface area contributed by atoms with Crippen molar-refractivity contribution in [1.82, 2.24) is 0 Å². The van der Waals surface area contributed by atoms with Gasteiger partial charge in [-0.3, -0.25) is 4.79 Å². The lowest BCUT2D eigenvalue weighted by Gasteiger charge is -2.15. The normalized spacial score (nSPS) is 11.3. The van der Waals surface area contributed by atoms with Crippen molar-refractivity contribution < 1.29 is 28.2 Å². The zero-order valence-electron chi connectivity index (χ0n) is 20.8. The molecule has 0 spiro atoms. The maximum atomic E-state index is 12.9. The summed E-state index contributed by atoms with van der Waals surface area (Å²) in [6.07, 6.45) is 3.72. The number of alkyl halides is 2. The minimum atomic E-state index is -3.40. The third-order valence-corrected chi connectivity index (χ3v) is 4.02. The quantitative estimate of drug-likeness (QED) is 0.288. The van der Waals surface area contributed by atoms with Gasteiger partial charge in [-0.25, -0.2) is 0 Å². The Hall–Kier alpha value is -2.63. The van der Waals surface area contributed by atoms with Gasteiger partial charge in [0.15, 0.2) is 17.3 Å². The Labute approximate surface area is 192 Å². The Kier molecular flexibility index (Phi) is 16.8. The summed E-state index contributed by atoms with van der Waals surface area (Å²) in [4.78, 5) is 11.1. The summed E-state index contributed by atoms with van der Waals surface area (Å²) in [5.74, 6) is 0.328. The van der Waals surface area contributed by atoms with Crippen LogP contribution in [0, 0.1) is 5.92 Å². The Bertz CT molecular complexity index is 745. The number of halogens is 2. The molecule has 1 rings (SSSR count). The van der Waals surface area contributed by atoms with Gasteiger partial charge in [-0.05, 0) is 37.5 Å². The summed E-state index contributed by atoms with van der Waals surface area (Å²) >= 11 is 0. The van der Waals surface area contributed by atoms with Crippen LogP contribution in [0.25, 0.3) is 0 Å². The smallest absolute Gasteiger partial charge is 0.395 e. The summed E-state index contributed by atoms with van der Waals surface area (Å²) in [6.45, 7) is 18.4.